The van der Waals surface area contributed by atoms with Crippen molar-refractivity contribution in [2.45, 2.75) is 26.2 Å². The van der Waals surface area contributed by atoms with Gasteiger partial charge in [-0.05, 0) is 49.4 Å². The van der Waals surface area contributed by atoms with Gasteiger partial charge in [0.25, 0.3) is 11.8 Å². The van der Waals surface area contributed by atoms with Crippen LogP contribution in [0.3, 0.4) is 0 Å². The van der Waals surface area contributed by atoms with Crippen LogP contribution in [0.5, 0.6) is 0 Å². The first-order valence-electron chi connectivity index (χ1n) is 7.37. The van der Waals surface area contributed by atoms with E-state index >= 15 is 0 Å². The van der Waals surface area contributed by atoms with E-state index in [0.29, 0.717) is 15.8 Å². The lowest BCUT2D eigenvalue weighted by Crippen LogP contribution is -2.31. The molecule has 1 aliphatic carbocycles. The van der Waals surface area contributed by atoms with Crippen molar-refractivity contribution >= 4 is 28.2 Å². The second-order valence-corrected chi connectivity index (χ2v) is 6.61. The van der Waals surface area contributed by atoms with Crippen molar-refractivity contribution in [3.63, 3.8) is 0 Å². The third-order valence-corrected chi connectivity index (χ3v) is 5.03. The zero-order valence-corrected chi connectivity index (χ0v) is 13.2. The molecule has 0 aliphatic heterocycles. The van der Waals surface area contributed by atoms with E-state index in [0.717, 1.165) is 12.1 Å². The maximum Gasteiger partial charge on any atom is 0.291 e. The lowest BCUT2D eigenvalue weighted by molar-refractivity contribution is 0.0941. The smallest absolute Gasteiger partial charge is 0.291 e. The number of carbonyl (C=O) groups excluding carboxylic acids is 2. The molecule has 2 heterocycles. The van der Waals surface area contributed by atoms with Crippen LogP contribution in [0.1, 0.15) is 45.1 Å². The molecular weight excluding hydrogens is 300 g/mol. The summed E-state index contributed by atoms with van der Waals surface area (Å²) in [5, 5.41) is 6.38. The highest BCUT2D eigenvalue weighted by Gasteiger charge is 2.20. The molecule has 0 aromatic carbocycles. The molecule has 1 fully saturated rings. The van der Waals surface area contributed by atoms with Crippen molar-refractivity contribution in [3.8, 4) is 0 Å². The van der Waals surface area contributed by atoms with Crippen molar-refractivity contribution in [2.24, 2.45) is 5.92 Å². The highest BCUT2D eigenvalue weighted by Crippen LogP contribution is 2.28. The van der Waals surface area contributed by atoms with Crippen LogP contribution in [-0.2, 0) is 0 Å². The summed E-state index contributed by atoms with van der Waals surface area (Å²) in [4.78, 5) is 24.8. The number of carbonyl (C=O) groups is 2. The Balaban J connectivity index is 1.62. The fourth-order valence-corrected chi connectivity index (χ4v) is 3.35. The Labute approximate surface area is 132 Å². The number of aryl methyl sites for hydroxylation is 1. The van der Waals surface area contributed by atoms with Gasteiger partial charge in [-0.15, -0.1) is 11.3 Å². The quantitative estimate of drug-likeness (QED) is 0.887. The van der Waals surface area contributed by atoms with Gasteiger partial charge in [0.15, 0.2) is 5.76 Å². The second kappa shape index (κ2) is 6.36. The number of rotatable bonds is 5. The average Bonchev–Trinajstić information content (AvgIpc) is 3.06. The van der Waals surface area contributed by atoms with E-state index in [9.17, 15) is 9.59 Å². The lowest BCUT2D eigenvalue weighted by Gasteiger charge is -2.25. The van der Waals surface area contributed by atoms with Gasteiger partial charge in [0, 0.05) is 6.54 Å². The number of furan rings is 1. The first-order chi connectivity index (χ1) is 10.6. The van der Waals surface area contributed by atoms with E-state index in [1.54, 1.807) is 12.1 Å². The molecule has 116 valence electrons. The van der Waals surface area contributed by atoms with Gasteiger partial charge in [0.05, 0.1) is 16.1 Å². The molecule has 0 saturated heterocycles. The highest BCUT2D eigenvalue weighted by molar-refractivity contribution is 7.18. The first kappa shape index (κ1) is 14.8. The lowest BCUT2D eigenvalue weighted by atomic mass is 9.85. The predicted molar refractivity (Wildman–Crippen MR) is 85.4 cm³/mol. The molecule has 2 aromatic rings. The molecule has 0 radical (unpaired) electrons. The van der Waals surface area contributed by atoms with Gasteiger partial charge in [-0.25, -0.2) is 0 Å². The summed E-state index contributed by atoms with van der Waals surface area (Å²) in [6.45, 7) is 2.61. The Morgan fingerprint density at radius 3 is 2.82 bits per heavy atom. The summed E-state index contributed by atoms with van der Waals surface area (Å²) in [6.07, 6.45) is 5.12. The van der Waals surface area contributed by atoms with Gasteiger partial charge in [0.2, 0.25) is 0 Å². The Kier molecular flexibility index (Phi) is 4.29. The molecule has 0 unspecified atom stereocenters. The number of hydrogen-bond donors (Lipinski definition) is 2. The number of nitrogens with one attached hydrogen (secondary N) is 2. The van der Waals surface area contributed by atoms with Gasteiger partial charge < -0.3 is 15.1 Å². The van der Waals surface area contributed by atoms with Crippen molar-refractivity contribution < 1.29 is 14.0 Å². The van der Waals surface area contributed by atoms with Gasteiger partial charge >= 0.3 is 0 Å². The fraction of sp³-hybridized carbons (Fsp3) is 0.375. The largest absolute Gasteiger partial charge is 0.459 e. The molecule has 1 aliphatic rings. The topological polar surface area (TPSA) is 71.3 Å². The van der Waals surface area contributed by atoms with E-state index in [1.165, 1.54) is 36.9 Å². The van der Waals surface area contributed by atoms with Crippen LogP contribution in [0, 0.1) is 12.8 Å². The Morgan fingerprint density at radius 2 is 2.18 bits per heavy atom. The molecule has 2 amide bonds. The minimum absolute atomic E-state index is 0.0621. The van der Waals surface area contributed by atoms with Crippen LogP contribution in [0.4, 0.5) is 5.00 Å². The monoisotopic (exact) mass is 318 g/mol. The number of amides is 2. The minimum Gasteiger partial charge on any atom is -0.459 e. The first-order valence-corrected chi connectivity index (χ1v) is 8.18. The summed E-state index contributed by atoms with van der Waals surface area (Å²) in [6, 6.07) is 5.07. The predicted octanol–water partition coefficient (Wildman–Crippen LogP) is 3.43. The van der Waals surface area contributed by atoms with Gasteiger partial charge in [-0.2, -0.15) is 0 Å². The summed E-state index contributed by atoms with van der Waals surface area (Å²) in [7, 11) is 0. The molecule has 2 aromatic heterocycles. The van der Waals surface area contributed by atoms with Crippen molar-refractivity contribution in [1.29, 1.82) is 0 Å². The van der Waals surface area contributed by atoms with E-state index in [2.05, 4.69) is 10.6 Å². The zero-order valence-electron chi connectivity index (χ0n) is 12.3. The number of hydrogen-bond acceptors (Lipinski definition) is 4. The van der Waals surface area contributed by atoms with E-state index in [-0.39, 0.29) is 17.6 Å². The zero-order chi connectivity index (χ0) is 15.5. The SMILES string of the molecule is Cc1cc(NC(=O)c2ccco2)sc1C(=O)NCC1CCC1. The summed E-state index contributed by atoms with van der Waals surface area (Å²) < 4.78 is 5.05. The standard InChI is InChI=1S/C16H18N2O3S/c1-10-8-13(18-15(19)12-6-3-7-21-12)22-14(10)16(20)17-9-11-4-2-5-11/h3,6-8,11H,2,4-5,9H2,1H3,(H,17,20)(H,18,19). The molecule has 0 atom stereocenters. The Bertz CT molecular complexity index is 672. The maximum absolute atomic E-state index is 12.2. The molecule has 0 bridgehead atoms. The molecule has 1 saturated carbocycles. The van der Waals surface area contributed by atoms with E-state index in [4.69, 9.17) is 4.42 Å². The van der Waals surface area contributed by atoms with E-state index in [1.807, 2.05) is 13.0 Å². The minimum atomic E-state index is -0.312. The third-order valence-electron chi connectivity index (χ3n) is 3.88. The molecule has 5 nitrogen and oxygen atoms in total. The second-order valence-electron chi connectivity index (χ2n) is 5.56. The average molecular weight is 318 g/mol. The Morgan fingerprint density at radius 1 is 1.36 bits per heavy atom. The molecule has 6 heteroatoms. The fourth-order valence-electron chi connectivity index (χ4n) is 2.36. The molecule has 0 spiro atoms. The highest BCUT2D eigenvalue weighted by atomic mass is 32.1. The van der Waals surface area contributed by atoms with Crippen molar-refractivity contribution in [2.75, 3.05) is 11.9 Å². The number of anilines is 1. The van der Waals surface area contributed by atoms with Crippen LogP contribution in [0.2, 0.25) is 0 Å². The normalized spacial score (nSPS) is 14.4. The van der Waals surface area contributed by atoms with Gasteiger partial charge in [-0.1, -0.05) is 6.42 Å². The van der Waals surface area contributed by atoms with Crippen LogP contribution in [0.25, 0.3) is 0 Å². The van der Waals surface area contributed by atoms with Crippen LogP contribution >= 0.6 is 11.3 Å². The third kappa shape index (κ3) is 3.22. The molecule has 22 heavy (non-hydrogen) atoms. The van der Waals surface area contributed by atoms with Crippen LogP contribution in [-0.4, -0.2) is 18.4 Å². The summed E-state index contributed by atoms with van der Waals surface area (Å²) >= 11 is 1.28. The van der Waals surface area contributed by atoms with Gasteiger partial charge in [-0.3, -0.25) is 9.59 Å². The molecule has 2 N–H and O–H groups in total. The number of thiophene rings is 1. The van der Waals surface area contributed by atoms with E-state index < -0.39 is 0 Å². The van der Waals surface area contributed by atoms with Crippen LogP contribution < -0.4 is 10.6 Å². The van der Waals surface area contributed by atoms with Crippen molar-refractivity contribution in [3.05, 3.63) is 40.7 Å². The van der Waals surface area contributed by atoms with Crippen molar-refractivity contribution in [1.82, 2.24) is 5.32 Å². The van der Waals surface area contributed by atoms with Crippen LogP contribution in [0.15, 0.2) is 28.9 Å². The molecule has 3 rings (SSSR count). The summed E-state index contributed by atoms with van der Waals surface area (Å²) in [5.74, 6) is 0.505. The maximum atomic E-state index is 12.2. The summed E-state index contributed by atoms with van der Waals surface area (Å²) in [5.41, 5.74) is 0.867. The molecular formula is C16H18N2O3S. The van der Waals surface area contributed by atoms with Gasteiger partial charge in [0.1, 0.15) is 0 Å². The Hall–Kier alpha value is -2.08.